The van der Waals surface area contributed by atoms with Crippen molar-refractivity contribution >= 4 is 28.9 Å². The minimum Gasteiger partial charge on any atom is -0.494 e. The van der Waals surface area contributed by atoms with Crippen LogP contribution >= 0.6 is 11.6 Å². The Bertz CT molecular complexity index is 1150. The van der Waals surface area contributed by atoms with Gasteiger partial charge in [-0.25, -0.2) is 4.98 Å². The molecule has 0 aliphatic heterocycles. The van der Waals surface area contributed by atoms with Gasteiger partial charge in [0.25, 0.3) is 5.91 Å². The summed E-state index contributed by atoms with van der Waals surface area (Å²) < 4.78 is 50.8. The Morgan fingerprint density at radius 3 is 2.96 bits per heavy atom. The van der Waals surface area contributed by atoms with Crippen LogP contribution in [0.5, 0.6) is 5.75 Å². The third-order valence-corrected chi connectivity index (χ3v) is 3.50. The maximum atomic E-state index is 12.4. The third kappa shape index (κ3) is 3.42. The van der Waals surface area contributed by atoms with Crippen molar-refractivity contribution < 1.29 is 17.8 Å². The molecule has 9 nitrogen and oxygen atoms in total. The highest BCUT2D eigenvalue weighted by atomic mass is 35.5. The number of ether oxygens (including phenoxy) is 1. The number of anilines is 2. The van der Waals surface area contributed by atoms with Crippen LogP contribution in [-0.4, -0.2) is 44.9 Å². The highest BCUT2D eigenvalue weighted by molar-refractivity contribution is 6.29. The van der Waals surface area contributed by atoms with E-state index in [4.69, 9.17) is 24.6 Å². The molecule has 1 amide bonds. The summed E-state index contributed by atoms with van der Waals surface area (Å²) in [5.41, 5.74) is -0.0496. The number of aromatic nitrogens is 5. The first-order valence-corrected chi connectivity index (χ1v) is 7.51. The minimum absolute atomic E-state index is 0.0340. The van der Waals surface area contributed by atoms with Crippen LogP contribution in [0.3, 0.4) is 0 Å². The van der Waals surface area contributed by atoms with Gasteiger partial charge in [-0.15, -0.1) is 10.2 Å². The molecular formula is C16H16ClN7O2. The number of nitrogens with one attached hydrogen (secondary N) is 2. The normalized spacial score (nSPS) is 14.8. The zero-order valence-electron chi connectivity index (χ0n) is 19.3. The average molecular weight is 380 g/mol. The highest BCUT2D eigenvalue weighted by Gasteiger charge is 2.18. The second-order valence-corrected chi connectivity index (χ2v) is 5.42. The number of halogens is 1. The zero-order valence-corrected chi connectivity index (χ0v) is 14.1. The van der Waals surface area contributed by atoms with Gasteiger partial charge < -0.3 is 15.4 Å². The lowest BCUT2D eigenvalue weighted by Gasteiger charge is -2.15. The van der Waals surface area contributed by atoms with Crippen molar-refractivity contribution in [3.63, 3.8) is 0 Å². The van der Waals surface area contributed by atoms with Crippen molar-refractivity contribution in [3.8, 4) is 17.1 Å². The molecule has 26 heavy (non-hydrogen) atoms. The largest absolute Gasteiger partial charge is 0.494 e. The number of hydrogen-bond donors (Lipinski definition) is 2. The molecule has 134 valence electrons. The molecule has 2 N–H and O–H groups in total. The van der Waals surface area contributed by atoms with Crippen molar-refractivity contribution in [2.24, 2.45) is 7.05 Å². The van der Waals surface area contributed by atoms with Crippen LogP contribution < -0.4 is 15.4 Å². The number of carbonyl (C=O) groups excluding carboxylic acids is 1. The molecule has 0 atom stereocenters. The molecule has 0 fully saturated rings. The fourth-order valence-corrected chi connectivity index (χ4v) is 2.37. The zero-order chi connectivity index (χ0) is 23.7. The second-order valence-electron chi connectivity index (χ2n) is 5.03. The molecule has 0 unspecified atom stereocenters. The van der Waals surface area contributed by atoms with Gasteiger partial charge in [-0.2, -0.15) is 5.10 Å². The predicted molar refractivity (Wildman–Crippen MR) is 96.7 cm³/mol. The van der Waals surface area contributed by atoms with Gasteiger partial charge in [0.15, 0.2) is 22.4 Å². The van der Waals surface area contributed by atoms with E-state index in [1.54, 1.807) is 24.5 Å². The molecular weight excluding hydrogens is 358 g/mol. The molecule has 2 heterocycles. The summed E-state index contributed by atoms with van der Waals surface area (Å²) in [5.74, 6) is -0.979. The number of carbonyl (C=O) groups is 1. The maximum absolute atomic E-state index is 12.4. The van der Waals surface area contributed by atoms with E-state index in [9.17, 15) is 4.79 Å². The van der Waals surface area contributed by atoms with Crippen LogP contribution in [0.4, 0.5) is 11.4 Å². The van der Waals surface area contributed by atoms with Crippen LogP contribution in [0.2, 0.25) is 5.15 Å². The van der Waals surface area contributed by atoms with Crippen molar-refractivity contribution in [3.05, 3.63) is 41.4 Å². The lowest BCUT2D eigenvalue weighted by molar-refractivity contribution is 0.0958. The molecule has 0 aliphatic rings. The monoisotopic (exact) mass is 379 g/mol. The molecule has 3 aromatic rings. The van der Waals surface area contributed by atoms with Crippen LogP contribution in [0, 0.1) is 0 Å². The lowest BCUT2D eigenvalue weighted by atomic mass is 10.1. The number of amides is 1. The number of hydrogen-bond acceptors (Lipinski definition) is 7. The number of benzene rings is 1. The molecule has 0 radical (unpaired) electrons. The van der Waals surface area contributed by atoms with Gasteiger partial charge in [0.05, 0.1) is 28.1 Å². The van der Waals surface area contributed by atoms with Crippen LogP contribution in [-0.2, 0) is 7.05 Å². The summed E-state index contributed by atoms with van der Waals surface area (Å²) in [6, 6.07) is 5.85. The Morgan fingerprint density at radius 2 is 2.23 bits per heavy atom. The smallest absolute Gasteiger partial charge is 0.273 e. The fourth-order valence-electron chi connectivity index (χ4n) is 2.22. The first kappa shape index (κ1) is 11.4. The summed E-state index contributed by atoms with van der Waals surface area (Å²) in [7, 11) is -1.18. The number of rotatable bonds is 5. The van der Waals surface area contributed by atoms with E-state index in [1.165, 1.54) is 23.1 Å². The molecule has 10 heteroatoms. The topological polar surface area (TPSA) is 107 Å². The molecule has 0 bridgehead atoms. The Morgan fingerprint density at radius 1 is 1.35 bits per heavy atom. The summed E-state index contributed by atoms with van der Waals surface area (Å²) in [5, 5.41) is 15.9. The Labute approximate surface area is 162 Å². The SMILES string of the molecule is [2H]C([2H])([2H])NC(=O)c1nnc(Cl)cc1Nc1cccc(-c2ncn(C)n2)c1OC([2H])([2H])[2H]. The first-order valence-electron chi connectivity index (χ1n) is 10.1. The molecule has 2 aromatic heterocycles. The number of aryl methyl sites for hydroxylation is 1. The first-order chi connectivity index (χ1) is 14.8. The van der Waals surface area contributed by atoms with Crippen molar-refractivity contribution in [1.29, 1.82) is 0 Å². The Hall–Kier alpha value is -3.20. The van der Waals surface area contributed by atoms with E-state index in [1.807, 2.05) is 0 Å². The van der Waals surface area contributed by atoms with E-state index in [0.717, 1.165) is 0 Å². The van der Waals surface area contributed by atoms with E-state index in [-0.39, 0.29) is 39.4 Å². The molecule has 0 spiro atoms. The van der Waals surface area contributed by atoms with Gasteiger partial charge in [0.2, 0.25) is 0 Å². The molecule has 0 saturated heterocycles. The van der Waals surface area contributed by atoms with Crippen molar-refractivity contribution in [2.45, 2.75) is 0 Å². The Kier molecular flexibility index (Phi) is 3.23. The van der Waals surface area contributed by atoms with Crippen LogP contribution in [0.1, 0.15) is 18.7 Å². The summed E-state index contributed by atoms with van der Waals surface area (Å²) in [4.78, 5) is 16.5. The number of methoxy groups -OCH3 is 1. The third-order valence-electron chi connectivity index (χ3n) is 3.32. The van der Waals surface area contributed by atoms with Gasteiger partial charge in [-0.3, -0.25) is 9.48 Å². The van der Waals surface area contributed by atoms with E-state index >= 15 is 0 Å². The summed E-state index contributed by atoms with van der Waals surface area (Å²) in [6.45, 7) is -2.77. The van der Waals surface area contributed by atoms with Gasteiger partial charge >= 0.3 is 0 Å². The van der Waals surface area contributed by atoms with Gasteiger partial charge in [0, 0.05) is 24.2 Å². The number of para-hydroxylation sites is 1. The molecule has 1 aromatic carbocycles. The summed E-state index contributed by atoms with van der Waals surface area (Å²) >= 11 is 5.90. The van der Waals surface area contributed by atoms with Gasteiger partial charge in [-0.05, 0) is 12.1 Å². The average Bonchev–Trinajstić information content (AvgIpc) is 3.06. The summed E-state index contributed by atoms with van der Waals surface area (Å²) in [6.07, 6.45) is 1.43. The Balaban J connectivity index is 2.09. The lowest BCUT2D eigenvalue weighted by Crippen LogP contribution is -2.21. The standard InChI is InChI=1S/C16H16ClN7O2/c1-18-16(25)13-11(7-12(17)21-22-13)20-10-6-4-5-9(14(10)26-3)15-19-8-24(2)23-15/h4-8H,1-3H3,(H,18,25)(H,20,21)/i1D3,3D3. The second kappa shape index (κ2) is 7.36. The van der Waals surface area contributed by atoms with E-state index in [0.29, 0.717) is 0 Å². The molecule has 0 saturated carbocycles. The van der Waals surface area contributed by atoms with E-state index in [2.05, 4.69) is 25.6 Å². The van der Waals surface area contributed by atoms with Crippen LogP contribution in [0.15, 0.2) is 30.6 Å². The molecule has 3 rings (SSSR count). The minimum atomic E-state index is -2.82. The van der Waals surface area contributed by atoms with E-state index < -0.39 is 19.9 Å². The predicted octanol–water partition coefficient (Wildman–Crippen LogP) is 2.04. The van der Waals surface area contributed by atoms with Crippen molar-refractivity contribution in [1.82, 2.24) is 30.3 Å². The van der Waals surface area contributed by atoms with Gasteiger partial charge in [-0.1, -0.05) is 17.7 Å². The highest BCUT2D eigenvalue weighted by Crippen LogP contribution is 2.36. The van der Waals surface area contributed by atoms with Crippen LogP contribution in [0.25, 0.3) is 11.4 Å². The van der Waals surface area contributed by atoms with Crippen molar-refractivity contribution in [2.75, 3.05) is 19.3 Å². The molecule has 0 aliphatic carbocycles. The quantitative estimate of drug-likeness (QED) is 0.698. The fraction of sp³-hybridized carbons (Fsp3) is 0.188. The van der Waals surface area contributed by atoms with Gasteiger partial charge in [0.1, 0.15) is 6.33 Å². The maximum Gasteiger partial charge on any atom is 0.273 e. The number of nitrogens with zero attached hydrogens (tertiary/aromatic N) is 5.